The molecule has 1 heterocycles. The number of hydrogen-bond donors (Lipinski definition) is 0. The second-order valence-corrected chi connectivity index (χ2v) is 9.66. The van der Waals surface area contributed by atoms with E-state index >= 15 is 0 Å². The van der Waals surface area contributed by atoms with Crippen molar-refractivity contribution in [2.75, 3.05) is 13.4 Å². The van der Waals surface area contributed by atoms with Crippen molar-refractivity contribution in [3.05, 3.63) is 89.9 Å². The van der Waals surface area contributed by atoms with Gasteiger partial charge in [-0.1, -0.05) is 48.5 Å². The molecule has 9 heteroatoms. The van der Waals surface area contributed by atoms with E-state index in [-0.39, 0.29) is 39.7 Å². The summed E-state index contributed by atoms with van der Waals surface area (Å²) in [5, 5.41) is 16.8. The third-order valence-corrected chi connectivity index (χ3v) is 6.45. The maximum Gasteiger partial charge on any atom is 0.175 e. The van der Waals surface area contributed by atoms with Crippen molar-refractivity contribution in [1.82, 2.24) is 9.78 Å². The SMILES string of the molecule is COc1ccc(-c2c(-c3ccc(S(C)(=O)=O)cc3)nn(Cc3ccccc3)c2C(=O)[O-])cc1F. The number of carboxylic acid groups (broad SMARTS) is 1. The van der Waals surface area contributed by atoms with E-state index in [4.69, 9.17) is 4.74 Å². The molecule has 174 valence electrons. The molecule has 0 spiro atoms. The smallest absolute Gasteiger partial charge is 0.175 e. The third-order valence-electron chi connectivity index (χ3n) is 5.32. The molecular weight excluding hydrogens is 459 g/mol. The highest BCUT2D eigenvalue weighted by atomic mass is 32.2. The van der Waals surface area contributed by atoms with E-state index in [1.807, 2.05) is 30.3 Å². The van der Waals surface area contributed by atoms with E-state index in [1.165, 1.54) is 54.3 Å². The number of halogens is 1. The van der Waals surface area contributed by atoms with Crippen LogP contribution in [-0.4, -0.2) is 37.5 Å². The van der Waals surface area contributed by atoms with E-state index in [9.17, 15) is 22.7 Å². The van der Waals surface area contributed by atoms with Gasteiger partial charge in [-0.2, -0.15) is 5.10 Å². The number of rotatable bonds is 7. The van der Waals surface area contributed by atoms with Crippen LogP contribution in [-0.2, 0) is 16.4 Å². The minimum absolute atomic E-state index is 0.00878. The number of carboxylic acids is 1. The number of sulfone groups is 1. The minimum atomic E-state index is -3.43. The van der Waals surface area contributed by atoms with Gasteiger partial charge in [0.25, 0.3) is 0 Å². The monoisotopic (exact) mass is 479 g/mol. The molecule has 0 saturated carbocycles. The number of ether oxygens (including phenoxy) is 1. The van der Waals surface area contributed by atoms with Crippen molar-refractivity contribution >= 4 is 15.8 Å². The Bertz CT molecular complexity index is 1460. The molecule has 0 unspecified atom stereocenters. The number of aromatic nitrogens is 2. The predicted octanol–water partition coefficient (Wildman–Crippen LogP) is 3.18. The standard InChI is InChI=1S/C25H21FN2O5S/c1-33-21-13-10-18(14-20(21)26)22-23(17-8-11-19(12-9-17)34(2,31)32)27-28(24(22)25(29)30)15-16-6-4-3-5-7-16/h3-14H,15H2,1-2H3,(H,29,30)/p-1. The summed E-state index contributed by atoms with van der Waals surface area (Å²) in [5.74, 6) is -2.14. The number of benzene rings is 3. The van der Waals surface area contributed by atoms with E-state index in [0.29, 0.717) is 5.56 Å². The number of hydrogen-bond acceptors (Lipinski definition) is 6. The summed E-state index contributed by atoms with van der Waals surface area (Å²) in [6.45, 7) is 0.136. The summed E-state index contributed by atoms with van der Waals surface area (Å²) in [4.78, 5) is 12.4. The molecule has 0 aliphatic rings. The maximum absolute atomic E-state index is 14.6. The first-order chi connectivity index (χ1) is 16.2. The predicted molar refractivity (Wildman–Crippen MR) is 123 cm³/mol. The van der Waals surface area contributed by atoms with Crippen LogP contribution in [0.2, 0.25) is 0 Å². The fourth-order valence-corrected chi connectivity index (χ4v) is 4.33. The highest BCUT2D eigenvalue weighted by molar-refractivity contribution is 7.90. The Hall–Kier alpha value is -3.98. The highest BCUT2D eigenvalue weighted by Gasteiger charge is 2.23. The van der Waals surface area contributed by atoms with Gasteiger partial charge in [-0.25, -0.2) is 12.8 Å². The second-order valence-electron chi connectivity index (χ2n) is 7.65. The first kappa shape index (κ1) is 23.2. The average Bonchev–Trinajstić information content (AvgIpc) is 3.18. The van der Waals surface area contributed by atoms with Crippen LogP contribution in [0.3, 0.4) is 0 Å². The Morgan fingerprint density at radius 3 is 2.24 bits per heavy atom. The first-order valence-electron chi connectivity index (χ1n) is 10.2. The molecule has 4 aromatic rings. The lowest BCUT2D eigenvalue weighted by Crippen LogP contribution is -2.27. The Balaban J connectivity index is 1.96. The van der Waals surface area contributed by atoms with E-state index in [1.54, 1.807) is 0 Å². The van der Waals surface area contributed by atoms with Gasteiger partial charge in [0.1, 0.15) is 5.69 Å². The molecule has 0 aliphatic carbocycles. The van der Waals surface area contributed by atoms with Crippen molar-refractivity contribution in [1.29, 1.82) is 0 Å². The van der Waals surface area contributed by atoms with Crippen LogP contribution in [0, 0.1) is 5.82 Å². The Morgan fingerprint density at radius 2 is 1.68 bits per heavy atom. The van der Waals surface area contributed by atoms with Gasteiger partial charge >= 0.3 is 0 Å². The van der Waals surface area contributed by atoms with Gasteiger partial charge in [0.05, 0.1) is 30.2 Å². The molecule has 0 radical (unpaired) electrons. The minimum Gasteiger partial charge on any atom is -0.543 e. The number of carbonyl (C=O) groups is 1. The average molecular weight is 480 g/mol. The van der Waals surface area contributed by atoms with Crippen LogP contribution < -0.4 is 9.84 Å². The lowest BCUT2D eigenvalue weighted by Gasteiger charge is -2.12. The largest absolute Gasteiger partial charge is 0.543 e. The Labute approximate surface area is 196 Å². The van der Waals surface area contributed by atoms with Crippen molar-refractivity contribution in [2.24, 2.45) is 0 Å². The summed E-state index contributed by atoms with van der Waals surface area (Å²) in [6.07, 6.45) is 1.09. The van der Waals surface area contributed by atoms with Crippen LogP contribution in [0.4, 0.5) is 4.39 Å². The number of nitrogens with zero attached hydrogens (tertiary/aromatic N) is 2. The quantitative estimate of drug-likeness (QED) is 0.404. The molecule has 0 amide bonds. The summed E-state index contributed by atoms with van der Waals surface area (Å²) in [5.41, 5.74) is 1.71. The summed E-state index contributed by atoms with van der Waals surface area (Å²) in [6, 6.07) is 19.1. The van der Waals surface area contributed by atoms with E-state index < -0.39 is 21.6 Å². The molecule has 0 aliphatic heterocycles. The molecule has 0 fully saturated rings. The Kier molecular flexibility index (Phi) is 6.21. The fraction of sp³-hybridized carbons (Fsp3) is 0.120. The number of methoxy groups -OCH3 is 1. The molecule has 0 N–H and O–H groups in total. The summed E-state index contributed by atoms with van der Waals surface area (Å²) < 4.78 is 44.5. The van der Waals surface area contributed by atoms with Gasteiger partial charge in [0.15, 0.2) is 21.4 Å². The first-order valence-corrected chi connectivity index (χ1v) is 12.1. The van der Waals surface area contributed by atoms with E-state index in [2.05, 4.69) is 5.10 Å². The summed E-state index contributed by atoms with van der Waals surface area (Å²) in [7, 11) is -2.10. The van der Waals surface area contributed by atoms with Gasteiger partial charge in [0.2, 0.25) is 0 Å². The topological polar surface area (TPSA) is 101 Å². The van der Waals surface area contributed by atoms with Gasteiger partial charge in [-0.05, 0) is 35.4 Å². The molecule has 4 rings (SSSR count). The second kappa shape index (κ2) is 9.11. The number of carbonyl (C=O) groups excluding carboxylic acids is 1. The van der Waals surface area contributed by atoms with E-state index in [0.717, 1.165) is 11.8 Å². The van der Waals surface area contributed by atoms with Crippen LogP contribution in [0.1, 0.15) is 16.1 Å². The lowest BCUT2D eigenvalue weighted by atomic mass is 9.98. The van der Waals surface area contributed by atoms with Crippen LogP contribution in [0.5, 0.6) is 5.75 Å². The lowest BCUT2D eigenvalue weighted by molar-refractivity contribution is -0.255. The van der Waals surface area contributed by atoms with Crippen molar-refractivity contribution in [3.8, 4) is 28.1 Å². The molecule has 0 saturated heterocycles. The molecule has 0 bridgehead atoms. The molecular formula is C25H20FN2O5S-. The molecule has 3 aromatic carbocycles. The third kappa shape index (κ3) is 4.55. The highest BCUT2D eigenvalue weighted by Crippen LogP contribution is 2.37. The zero-order valence-electron chi connectivity index (χ0n) is 18.4. The van der Waals surface area contributed by atoms with Gasteiger partial charge in [-0.3, -0.25) is 4.68 Å². The molecule has 1 aromatic heterocycles. The Morgan fingerprint density at radius 1 is 1.03 bits per heavy atom. The molecule has 0 atom stereocenters. The number of aromatic carboxylic acids is 1. The maximum atomic E-state index is 14.6. The van der Waals surface area contributed by atoms with Gasteiger partial charge < -0.3 is 14.6 Å². The van der Waals surface area contributed by atoms with Crippen molar-refractivity contribution in [2.45, 2.75) is 11.4 Å². The normalized spacial score (nSPS) is 11.4. The van der Waals surface area contributed by atoms with Crippen LogP contribution >= 0.6 is 0 Å². The van der Waals surface area contributed by atoms with Crippen LogP contribution in [0.25, 0.3) is 22.4 Å². The van der Waals surface area contributed by atoms with Gasteiger partial charge in [-0.15, -0.1) is 0 Å². The fourth-order valence-electron chi connectivity index (χ4n) is 3.70. The van der Waals surface area contributed by atoms with Crippen molar-refractivity contribution in [3.63, 3.8) is 0 Å². The van der Waals surface area contributed by atoms with Crippen LogP contribution in [0.15, 0.2) is 77.7 Å². The zero-order chi connectivity index (χ0) is 24.5. The summed E-state index contributed by atoms with van der Waals surface area (Å²) >= 11 is 0. The molecule has 7 nitrogen and oxygen atoms in total. The van der Waals surface area contributed by atoms with Crippen molar-refractivity contribution < 1.29 is 27.4 Å². The molecule has 34 heavy (non-hydrogen) atoms. The van der Waals surface area contributed by atoms with Gasteiger partial charge in [0, 0.05) is 17.4 Å². The zero-order valence-corrected chi connectivity index (χ0v) is 19.2.